The lowest BCUT2D eigenvalue weighted by atomic mass is 9.88. The van der Waals surface area contributed by atoms with Crippen LogP contribution in [-0.4, -0.2) is 15.1 Å². The number of alkyl halides is 3. The molecule has 25 heavy (non-hydrogen) atoms. The number of H-pyrrole nitrogens is 1. The number of benzene rings is 1. The van der Waals surface area contributed by atoms with Crippen LogP contribution in [0, 0.1) is 6.92 Å². The monoisotopic (exact) mass is 349 g/mol. The maximum absolute atomic E-state index is 12.7. The third-order valence-corrected chi connectivity index (χ3v) is 4.00. The molecule has 1 N–H and O–H groups in total. The van der Waals surface area contributed by atoms with E-state index >= 15 is 0 Å². The highest BCUT2D eigenvalue weighted by Gasteiger charge is 2.39. The van der Waals surface area contributed by atoms with Crippen molar-refractivity contribution in [1.29, 1.82) is 0 Å². The third-order valence-electron chi connectivity index (χ3n) is 4.00. The Hall–Kier alpha value is -2.90. The fourth-order valence-electron chi connectivity index (χ4n) is 2.79. The first-order valence-corrected chi connectivity index (χ1v) is 7.47. The topological polar surface area (TPSA) is 71.8 Å². The van der Waals surface area contributed by atoms with Crippen LogP contribution >= 0.6 is 0 Å². The lowest BCUT2D eigenvalue weighted by Gasteiger charge is -2.16. The Balaban J connectivity index is 2.14. The second-order valence-corrected chi connectivity index (χ2v) is 5.63. The van der Waals surface area contributed by atoms with E-state index in [1.807, 2.05) is 31.2 Å². The van der Waals surface area contributed by atoms with E-state index in [-0.39, 0.29) is 22.9 Å². The molecule has 5 nitrogen and oxygen atoms in total. The van der Waals surface area contributed by atoms with Crippen molar-refractivity contribution in [2.75, 3.05) is 0 Å². The van der Waals surface area contributed by atoms with Crippen molar-refractivity contribution in [2.45, 2.75) is 25.9 Å². The standard InChI is InChI=1S/C17H14F3N3O2/c1-9-5-3-4-6-11(9)10(2)13-12(7-8-21-15(13)24)14-22-16(25-23-14)17(18,19)20/h3-8,10H,1-2H3,(H,21,24). The minimum atomic E-state index is -4.74. The number of halogens is 3. The Morgan fingerprint density at radius 2 is 1.92 bits per heavy atom. The maximum Gasteiger partial charge on any atom is 0.471 e. The van der Waals surface area contributed by atoms with Gasteiger partial charge in [-0.2, -0.15) is 18.2 Å². The fourth-order valence-corrected chi connectivity index (χ4v) is 2.79. The molecule has 0 aliphatic heterocycles. The first-order valence-electron chi connectivity index (χ1n) is 7.47. The van der Waals surface area contributed by atoms with Crippen LogP contribution in [-0.2, 0) is 6.18 Å². The molecule has 3 aromatic rings. The molecule has 0 aliphatic carbocycles. The van der Waals surface area contributed by atoms with Crippen LogP contribution in [0.25, 0.3) is 11.4 Å². The number of aryl methyl sites for hydroxylation is 1. The number of nitrogens with zero attached hydrogens (tertiary/aromatic N) is 2. The summed E-state index contributed by atoms with van der Waals surface area (Å²) in [6.45, 7) is 3.71. The highest BCUT2D eigenvalue weighted by Crippen LogP contribution is 2.33. The molecule has 2 aromatic heterocycles. The molecule has 0 amide bonds. The highest BCUT2D eigenvalue weighted by molar-refractivity contribution is 5.61. The predicted molar refractivity (Wildman–Crippen MR) is 84.1 cm³/mol. The molecule has 3 rings (SSSR count). The Morgan fingerprint density at radius 1 is 1.20 bits per heavy atom. The van der Waals surface area contributed by atoms with Crippen molar-refractivity contribution in [3.63, 3.8) is 0 Å². The van der Waals surface area contributed by atoms with Gasteiger partial charge in [0.05, 0.1) is 0 Å². The van der Waals surface area contributed by atoms with Crippen LogP contribution in [0.15, 0.2) is 45.8 Å². The fraction of sp³-hybridized carbons (Fsp3) is 0.235. The van der Waals surface area contributed by atoms with Crippen molar-refractivity contribution in [3.05, 3.63) is 69.5 Å². The van der Waals surface area contributed by atoms with E-state index in [1.54, 1.807) is 6.92 Å². The Kier molecular flexibility index (Phi) is 4.20. The zero-order valence-electron chi connectivity index (χ0n) is 13.4. The summed E-state index contributed by atoms with van der Waals surface area (Å²) < 4.78 is 42.4. The van der Waals surface area contributed by atoms with Crippen molar-refractivity contribution in [3.8, 4) is 11.4 Å². The van der Waals surface area contributed by atoms with Gasteiger partial charge in [-0.3, -0.25) is 4.79 Å². The van der Waals surface area contributed by atoms with E-state index in [4.69, 9.17) is 0 Å². The SMILES string of the molecule is Cc1ccccc1C(C)c1c(-c2noc(C(F)(F)F)n2)cc[nH]c1=O. The van der Waals surface area contributed by atoms with E-state index in [9.17, 15) is 18.0 Å². The average Bonchev–Trinajstić information content (AvgIpc) is 3.04. The summed E-state index contributed by atoms with van der Waals surface area (Å²) in [5.41, 5.74) is 1.94. The smallest absolute Gasteiger partial charge is 0.329 e. The van der Waals surface area contributed by atoms with Crippen LogP contribution in [0.5, 0.6) is 0 Å². The lowest BCUT2D eigenvalue weighted by Crippen LogP contribution is -2.17. The van der Waals surface area contributed by atoms with Gasteiger partial charge in [-0.05, 0) is 24.1 Å². The van der Waals surface area contributed by atoms with Gasteiger partial charge in [0.1, 0.15) is 0 Å². The zero-order chi connectivity index (χ0) is 18.2. The van der Waals surface area contributed by atoms with Gasteiger partial charge in [-0.1, -0.05) is 36.3 Å². The van der Waals surface area contributed by atoms with Gasteiger partial charge in [0.2, 0.25) is 5.82 Å². The lowest BCUT2D eigenvalue weighted by molar-refractivity contribution is -0.159. The second-order valence-electron chi connectivity index (χ2n) is 5.63. The van der Waals surface area contributed by atoms with Crippen molar-refractivity contribution in [1.82, 2.24) is 15.1 Å². The maximum atomic E-state index is 12.7. The molecule has 0 radical (unpaired) electrons. The molecule has 1 unspecified atom stereocenters. The molecule has 130 valence electrons. The van der Waals surface area contributed by atoms with Gasteiger partial charge in [0.25, 0.3) is 5.56 Å². The van der Waals surface area contributed by atoms with Crippen LogP contribution < -0.4 is 5.56 Å². The molecule has 0 fully saturated rings. The normalized spacial score (nSPS) is 13.0. The van der Waals surface area contributed by atoms with Gasteiger partial charge in [-0.15, -0.1) is 0 Å². The molecule has 0 spiro atoms. The third kappa shape index (κ3) is 3.19. The number of aromatic amines is 1. The highest BCUT2D eigenvalue weighted by atomic mass is 19.4. The summed E-state index contributed by atoms with van der Waals surface area (Å²) in [5, 5.41) is 3.39. The minimum absolute atomic E-state index is 0.207. The van der Waals surface area contributed by atoms with Gasteiger partial charge < -0.3 is 9.51 Å². The van der Waals surface area contributed by atoms with Gasteiger partial charge in [0.15, 0.2) is 0 Å². The molecule has 2 heterocycles. The quantitative estimate of drug-likeness (QED) is 0.778. The first-order chi connectivity index (χ1) is 11.8. The minimum Gasteiger partial charge on any atom is -0.329 e. The van der Waals surface area contributed by atoms with Crippen LogP contribution in [0.4, 0.5) is 13.2 Å². The number of aromatic nitrogens is 3. The van der Waals surface area contributed by atoms with Crippen LogP contribution in [0.1, 0.15) is 35.4 Å². The van der Waals surface area contributed by atoms with Gasteiger partial charge >= 0.3 is 12.1 Å². The molecule has 0 aliphatic rings. The second kappa shape index (κ2) is 6.19. The summed E-state index contributed by atoms with van der Waals surface area (Å²) in [5.74, 6) is -2.08. The molecule has 0 bridgehead atoms. The molecular formula is C17H14F3N3O2. The van der Waals surface area contributed by atoms with E-state index < -0.39 is 17.6 Å². The number of rotatable bonds is 3. The largest absolute Gasteiger partial charge is 0.471 e. The number of hydrogen-bond donors (Lipinski definition) is 1. The molecule has 8 heteroatoms. The average molecular weight is 349 g/mol. The van der Waals surface area contributed by atoms with Crippen LogP contribution in [0.2, 0.25) is 0 Å². The number of nitrogens with one attached hydrogen (secondary N) is 1. The van der Waals surface area contributed by atoms with E-state index in [1.165, 1.54) is 12.3 Å². The van der Waals surface area contributed by atoms with E-state index in [2.05, 4.69) is 19.6 Å². The molecular weight excluding hydrogens is 335 g/mol. The van der Waals surface area contributed by atoms with Crippen molar-refractivity contribution in [2.24, 2.45) is 0 Å². The van der Waals surface area contributed by atoms with Crippen LogP contribution in [0.3, 0.4) is 0 Å². The first kappa shape index (κ1) is 16.9. The van der Waals surface area contributed by atoms with Crippen molar-refractivity contribution >= 4 is 0 Å². The molecule has 0 saturated heterocycles. The number of hydrogen-bond acceptors (Lipinski definition) is 4. The summed E-state index contributed by atoms with van der Waals surface area (Å²) in [7, 11) is 0. The summed E-state index contributed by atoms with van der Waals surface area (Å²) in [4.78, 5) is 18.3. The van der Waals surface area contributed by atoms with E-state index in [0.717, 1.165) is 11.1 Å². The summed E-state index contributed by atoms with van der Waals surface area (Å²) >= 11 is 0. The Morgan fingerprint density at radius 3 is 2.56 bits per heavy atom. The number of pyridine rings is 1. The molecule has 0 saturated carbocycles. The predicted octanol–water partition coefficient (Wildman–Crippen LogP) is 3.90. The molecule has 1 atom stereocenters. The van der Waals surface area contributed by atoms with E-state index in [0.29, 0.717) is 0 Å². The Bertz CT molecular complexity index is 960. The van der Waals surface area contributed by atoms with Crippen molar-refractivity contribution < 1.29 is 17.7 Å². The molecule has 1 aromatic carbocycles. The zero-order valence-corrected chi connectivity index (χ0v) is 13.4. The summed E-state index contributed by atoms with van der Waals surface area (Å²) in [6, 6.07) is 8.95. The Labute approximate surface area is 140 Å². The van der Waals surface area contributed by atoms with Gasteiger partial charge in [0, 0.05) is 23.2 Å². The van der Waals surface area contributed by atoms with Gasteiger partial charge in [-0.25, -0.2) is 0 Å². The summed E-state index contributed by atoms with van der Waals surface area (Å²) in [6.07, 6.45) is -3.40.